The first kappa shape index (κ1) is 13.1. The summed E-state index contributed by atoms with van der Waals surface area (Å²) in [4.78, 5) is 11.9. The van der Waals surface area contributed by atoms with E-state index in [1.54, 1.807) is 30.3 Å². The average Bonchev–Trinajstić information content (AvgIpc) is 2.93. The fraction of sp³-hybridized carbons (Fsp3) is 0. The fourth-order valence-corrected chi connectivity index (χ4v) is 1.89. The molecule has 0 aliphatic rings. The van der Waals surface area contributed by atoms with Crippen LogP contribution in [0.1, 0.15) is 16.1 Å². The van der Waals surface area contributed by atoms with Crippen LogP contribution in [0.15, 0.2) is 64.1 Å². The van der Waals surface area contributed by atoms with E-state index in [1.807, 2.05) is 18.2 Å². The summed E-state index contributed by atoms with van der Waals surface area (Å²) in [5, 5.41) is 4.56. The molecule has 0 aliphatic heterocycles. The van der Waals surface area contributed by atoms with Crippen LogP contribution >= 0.6 is 0 Å². The van der Waals surface area contributed by atoms with Gasteiger partial charge in [0.15, 0.2) is 5.76 Å². The smallest absolute Gasteiger partial charge is 0.307 e. The Hall–Kier alpha value is -2.95. The van der Waals surface area contributed by atoms with E-state index in [-0.39, 0.29) is 5.76 Å². The van der Waals surface area contributed by atoms with Gasteiger partial charge in [-0.2, -0.15) is 5.10 Å². The van der Waals surface area contributed by atoms with Crippen molar-refractivity contribution in [2.45, 2.75) is 0 Å². The van der Waals surface area contributed by atoms with Crippen molar-refractivity contribution < 1.29 is 13.6 Å². The lowest BCUT2D eigenvalue weighted by molar-refractivity contribution is 0.0929. The summed E-state index contributed by atoms with van der Waals surface area (Å²) < 4.78 is 18.8. The lowest BCUT2D eigenvalue weighted by Crippen LogP contribution is -2.16. The maximum atomic E-state index is 13.4. The number of nitrogens with one attached hydrogen (secondary N) is 1. The van der Waals surface area contributed by atoms with Crippen molar-refractivity contribution in [1.82, 2.24) is 5.43 Å². The van der Waals surface area contributed by atoms with Gasteiger partial charge in [-0.25, -0.2) is 9.82 Å². The number of para-hydroxylation sites is 1. The molecule has 0 unspecified atom stereocenters. The van der Waals surface area contributed by atoms with Crippen LogP contribution in [0.5, 0.6) is 0 Å². The van der Waals surface area contributed by atoms with E-state index in [2.05, 4.69) is 10.5 Å². The van der Waals surface area contributed by atoms with Crippen LogP contribution in [0, 0.1) is 5.82 Å². The predicted molar refractivity (Wildman–Crippen MR) is 77.7 cm³/mol. The minimum atomic E-state index is -0.487. The summed E-state index contributed by atoms with van der Waals surface area (Å²) in [5.41, 5.74) is 3.23. The first-order chi connectivity index (χ1) is 10.2. The number of halogens is 1. The van der Waals surface area contributed by atoms with E-state index >= 15 is 0 Å². The van der Waals surface area contributed by atoms with Crippen molar-refractivity contribution in [1.29, 1.82) is 0 Å². The molecule has 0 spiro atoms. The molecular formula is C16H11FN2O2. The molecular weight excluding hydrogens is 271 g/mol. The van der Waals surface area contributed by atoms with Crippen LogP contribution in [0.25, 0.3) is 11.0 Å². The number of hydrogen-bond acceptors (Lipinski definition) is 3. The molecule has 0 fully saturated rings. The van der Waals surface area contributed by atoms with Crippen LogP contribution in [-0.4, -0.2) is 12.1 Å². The molecule has 5 heteroatoms. The highest BCUT2D eigenvalue weighted by atomic mass is 19.1. The monoisotopic (exact) mass is 282 g/mol. The third-order valence-corrected chi connectivity index (χ3v) is 2.92. The molecule has 104 valence electrons. The molecule has 1 amide bonds. The minimum Gasteiger partial charge on any atom is -0.451 e. The van der Waals surface area contributed by atoms with Crippen molar-refractivity contribution in [2.75, 3.05) is 0 Å². The molecule has 0 aliphatic carbocycles. The number of rotatable bonds is 3. The maximum absolute atomic E-state index is 13.4. The first-order valence-electron chi connectivity index (χ1n) is 6.30. The van der Waals surface area contributed by atoms with Gasteiger partial charge in [0.2, 0.25) is 0 Å². The maximum Gasteiger partial charge on any atom is 0.307 e. The number of carbonyl (C=O) groups excluding carboxylic acids is 1. The van der Waals surface area contributed by atoms with Crippen LogP contribution in [0.3, 0.4) is 0 Å². The van der Waals surface area contributed by atoms with E-state index in [4.69, 9.17) is 4.42 Å². The quantitative estimate of drug-likeness (QED) is 0.591. The second-order valence-corrected chi connectivity index (χ2v) is 4.37. The molecule has 0 radical (unpaired) electrons. The second-order valence-electron chi connectivity index (χ2n) is 4.37. The normalized spacial score (nSPS) is 11.1. The zero-order valence-electron chi connectivity index (χ0n) is 10.9. The highest BCUT2D eigenvalue weighted by molar-refractivity contribution is 5.96. The fourth-order valence-electron chi connectivity index (χ4n) is 1.89. The molecule has 0 saturated carbocycles. The second kappa shape index (κ2) is 5.58. The summed E-state index contributed by atoms with van der Waals surface area (Å²) in [5.74, 6) is -0.736. The highest BCUT2D eigenvalue weighted by Gasteiger charge is 2.10. The number of amides is 1. The van der Waals surface area contributed by atoms with Gasteiger partial charge in [0.1, 0.15) is 11.4 Å². The van der Waals surface area contributed by atoms with Gasteiger partial charge in [0, 0.05) is 10.9 Å². The van der Waals surface area contributed by atoms with Crippen LogP contribution in [0.4, 0.5) is 4.39 Å². The third-order valence-electron chi connectivity index (χ3n) is 2.92. The van der Waals surface area contributed by atoms with Crippen LogP contribution in [-0.2, 0) is 0 Å². The number of carbonyl (C=O) groups is 1. The van der Waals surface area contributed by atoms with Crippen LogP contribution < -0.4 is 5.43 Å². The SMILES string of the molecule is O=C(N/N=C/c1ccccc1F)c1cc2ccccc2o1. The van der Waals surface area contributed by atoms with Gasteiger partial charge in [-0.3, -0.25) is 4.79 Å². The van der Waals surface area contributed by atoms with Gasteiger partial charge in [-0.15, -0.1) is 0 Å². The molecule has 4 nitrogen and oxygen atoms in total. The largest absolute Gasteiger partial charge is 0.451 e. The Balaban J connectivity index is 1.73. The lowest BCUT2D eigenvalue weighted by Gasteiger charge is -1.96. The Morgan fingerprint density at radius 2 is 1.90 bits per heavy atom. The van der Waals surface area contributed by atoms with Crippen molar-refractivity contribution in [3.63, 3.8) is 0 Å². The number of hydrogen-bond donors (Lipinski definition) is 1. The summed E-state index contributed by atoms with van der Waals surface area (Å²) >= 11 is 0. The van der Waals surface area contributed by atoms with Crippen molar-refractivity contribution in [3.05, 3.63) is 71.7 Å². The Morgan fingerprint density at radius 1 is 1.14 bits per heavy atom. The molecule has 1 aromatic heterocycles. The number of hydrazone groups is 1. The molecule has 21 heavy (non-hydrogen) atoms. The molecule has 0 saturated heterocycles. The number of nitrogens with zero attached hydrogens (tertiary/aromatic N) is 1. The Labute approximate surface area is 119 Å². The molecule has 0 atom stereocenters. The summed E-state index contributed by atoms with van der Waals surface area (Å²) in [7, 11) is 0. The van der Waals surface area contributed by atoms with Gasteiger partial charge in [0.25, 0.3) is 0 Å². The van der Waals surface area contributed by atoms with Gasteiger partial charge in [0.05, 0.1) is 6.21 Å². The van der Waals surface area contributed by atoms with Crippen molar-refractivity contribution >= 4 is 23.1 Å². The Kier molecular flexibility index (Phi) is 3.47. The Morgan fingerprint density at radius 3 is 2.71 bits per heavy atom. The zero-order valence-corrected chi connectivity index (χ0v) is 10.9. The van der Waals surface area contributed by atoms with E-state index < -0.39 is 11.7 Å². The van der Waals surface area contributed by atoms with Crippen LogP contribution in [0.2, 0.25) is 0 Å². The van der Waals surface area contributed by atoms with Gasteiger partial charge >= 0.3 is 5.91 Å². The van der Waals surface area contributed by atoms with E-state index in [0.29, 0.717) is 11.1 Å². The number of fused-ring (bicyclic) bond motifs is 1. The Bertz CT molecular complexity index is 791. The first-order valence-corrected chi connectivity index (χ1v) is 6.30. The summed E-state index contributed by atoms with van der Waals surface area (Å²) in [6, 6.07) is 15.1. The molecule has 2 aromatic carbocycles. The third kappa shape index (κ3) is 2.81. The predicted octanol–water partition coefficient (Wildman–Crippen LogP) is 3.34. The van der Waals surface area contributed by atoms with E-state index in [0.717, 1.165) is 5.39 Å². The summed E-state index contributed by atoms with van der Waals surface area (Å²) in [6.45, 7) is 0. The van der Waals surface area contributed by atoms with Gasteiger partial charge < -0.3 is 4.42 Å². The molecule has 0 bridgehead atoms. The average molecular weight is 282 g/mol. The highest BCUT2D eigenvalue weighted by Crippen LogP contribution is 2.18. The number of benzene rings is 2. The minimum absolute atomic E-state index is 0.155. The lowest BCUT2D eigenvalue weighted by atomic mass is 10.2. The molecule has 1 heterocycles. The van der Waals surface area contributed by atoms with Crippen molar-refractivity contribution in [2.24, 2.45) is 5.10 Å². The molecule has 3 aromatic rings. The molecule has 3 rings (SSSR count). The van der Waals surface area contributed by atoms with Gasteiger partial charge in [-0.1, -0.05) is 36.4 Å². The van der Waals surface area contributed by atoms with E-state index in [1.165, 1.54) is 12.3 Å². The van der Waals surface area contributed by atoms with Crippen molar-refractivity contribution in [3.8, 4) is 0 Å². The zero-order chi connectivity index (χ0) is 14.7. The number of furan rings is 1. The topological polar surface area (TPSA) is 54.6 Å². The van der Waals surface area contributed by atoms with E-state index in [9.17, 15) is 9.18 Å². The summed E-state index contributed by atoms with van der Waals surface area (Å²) in [6.07, 6.45) is 1.25. The van der Waals surface area contributed by atoms with Gasteiger partial charge in [-0.05, 0) is 18.2 Å². The molecule has 1 N–H and O–H groups in total. The standard InChI is InChI=1S/C16H11FN2O2/c17-13-7-3-1-6-12(13)10-18-19-16(20)15-9-11-5-2-4-8-14(11)21-15/h1-10H,(H,19,20)/b18-10+.